The summed E-state index contributed by atoms with van der Waals surface area (Å²) in [6, 6.07) is 3.73. The van der Waals surface area contributed by atoms with Crippen LogP contribution in [-0.2, 0) is 4.74 Å². The van der Waals surface area contributed by atoms with E-state index in [1.54, 1.807) is 13.3 Å². The molecule has 12 heavy (non-hydrogen) atoms. The van der Waals surface area contributed by atoms with Crippen molar-refractivity contribution in [1.29, 1.82) is 0 Å². The minimum absolute atomic E-state index is 0.183. The van der Waals surface area contributed by atoms with Crippen LogP contribution in [0.1, 0.15) is 10.4 Å². The predicted octanol–water partition coefficient (Wildman–Crippen LogP) is 2.82. The van der Waals surface area contributed by atoms with E-state index in [2.05, 4.69) is 20.9 Å². The minimum atomic E-state index is 0.183. The van der Waals surface area contributed by atoms with Gasteiger partial charge in [-0.1, -0.05) is 27.5 Å². The molecule has 0 saturated heterocycles. The number of hydrogen-bond acceptors (Lipinski definition) is 2. The number of rotatable bonds is 3. The lowest BCUT2D eigenvalue weighted by Gasteiger charge is -2.07. The van der Waals surface area contributed by atoms with Crippen LogP contribution in [0.2, 0.25) is 5.15 Å². The lowest BCUT2D eigenvalue weighted by atomic mass is 10.2. The Labute approximate surface area is 85.0 Å². The van der Waals surface area contributed by atoms with Gasteiger partial charge in [-0.2, -0.15) is 0 Å². The van der Waals surface area contributed by atoms with Crippen LogP contribution in [-0.4, -0.2) is 18.7 Å². The van der Waals surface area contributed by atoms with Gasteiger partial charge in [0.05, 0.1) is 11.4 Å². The maximum atomic E-state index is 5.72. The van der Waals surface area contributed by atoms with Crippen molar-refractivity contribution in [2.45, 2.75) is 4.83 Å². The summed E-state index contributed by atoms with van der Waals surface area (Å²) in [4.78, 5) is 4.07. The van der Waals surface area contributed by atoms with Crippen molar-refractivity contribution < 1.29 is 4.74 Å². The first-order chi connectivity index (χ1) is 5.74. The van der Waals surface area contributed by atoms with Gasteiger partial charge >= 0.3 is 0 Å². The van der Waals surface area contributed by atoms with Gasteiger partial charge in [0.2, 0.25) is 0 Å². The van der Waals surface area contributed by atoms with E-state index in [1.807, 2.05) is 12.1 Å². The zero-order chi connectivity index (χ0) is 8.97. The standard InChI is InChI=1S/C8H9BrClNO/c1-12-5-7(9)6-2-3-11-8(10)4-6/h2-4,7H,5H2,1H3. The van der Waals surface area contributed by atoms with Crippen LogP contribution in [0.4, 0.5) is 0 Å². The summed E-state index contributed by atoms with van der Waals surface area (Å²) in [5.74, 6) is 0. The van der Waals surface area contributed by atoms with E-state index in [-0.39, 0.29) is 4.83 Å². The van der Waals surface area contributed by atoms with Crippen molar-refractivity contribution in [3.05, 3.63) is 29.0 Å². The minimum Gasteiger partial charge on any atom is -0.383 e. The quantitative estimate of drug-likeness (QED) is 0.608. The molecule has 1 rings (SSSR count). The number of methoxy groups -OCH3 is 1. The van der Waals surface area contributed by atoms with Crippen LogP contribution in [0, 0.1) is 0 Å². The number of halogens is 2. The van der Waals surface area contributed by atoms with E-state index in [0.717, 1.165) is 5.56 Å². The Morgan fingerprint density at radius 2 is 2.50 bits per heavy atom. The molecule has 0 saturated carbocycles. The number of aromatic nitrogens is 1. The lowest BCUT2D eigenvalue weighted by molar-refractivity contribution is 0.201. The molecule has 0 aromatic carbocycles. The Kier molecular flexibility index (Phi) is 3.98. The Bertz CT molecular complexity index is 257. The maximum absolute atomic E-state index is 5.72. The summed E-state index contributed by atoms with van der Waals surface area (Å²) in [7, 11) is 1.66. The first-order valence-corrected chi connectivity index (χ1v) is 4.78. The van der Waals surface area contributed by atoms with Crippen molar-refractivity contribution in [3.8, 4) is 0 Å². The zero-order valence-corrected chi connectivity index (χ0v) is 8.97. The number of pyridine rings is 1. The van der Waals surface area contributed by atoms with Gasteiger partial charge in [-0.3, -0.25) is 0 Å². The lowest BCUT2D eigenvalue weighted by Crippen LogP contribution is -1.98. The molecular weight excluding hydrogens is 241 g/mol. The number of hydrogen-bond donors (Lipinski definition) is 0. The molecule has 1 atom stereocenters. The van der Waals surface area contributed by atoms with Crippen LogP contribution in [0.5, 0.6) is 0 Å². The third-order valence-electron chi connectivity index (χ3n) is 1.43. The molecule has 0 radical (unpaired) electrons. The molecule has 1 aromatic rings. The van der Waals surface area contributed by atoms with E-state index in [9.17, 15) is 0 Å². The van der Waals surface area contributed by atoms with Crippen LogP contribution in [0.3, 0.4) is 0 Å². The fourth-order valence-corrected chi connectivity index (χ4v) is 1.59. The second-order valence-corrected chi connectivity index (χ2v) is 3.83. The second kappa shape index (κ2) is 4.80. The van der Waals surface area contributed by atoms with E-state index in [1.165, 1.54) is 0 Å². The highest BCUT2D eigenvalue weighted by molar-refractivity contribution is 9.09. The summed E-state index contributed by atoms with van der Waals surface area (Å²) in [6.07, 6.45) is 1.68. The van der Waals surface area contributed by atoms with Gasteiger partial charge in [0, 0.05) is 13.3 Å². The number of nitrogens with zero attached hydrogens (tertiary/aromatic N) is 1. The molecule has 0 aliphatic heterocycles. The average molecular weight is 251 g/mol. The molecule has 0 N–H and O–H groups in total. The normalized spacial score (nSPS) is 12.9. The summed E-state index contributed by atoms with van der Waals surface area (Å²) in [6.45, 7) is 0.625. The van der Waals surface area contributed by atoms with Gasteiger partial charge < -0.3 is 4.74 Å². The third-order valence-corrected chi connectivity index (χ3v) is 2.43. The van der Waals surface area contributed by atoms with E-state index in [4.69, 9.17) is 16.3 Å². The zero-order valence-electron chi connectivity index (χ0n) is 6.63. The van der Waals surface area contributed by atoms with Gasteiger partial charge in [-0.15, -0.1) is 0 Å². The second-order valence-electron chi connectivity index (χ2n) is 2.33. The van der Waals surface area contributed by atoms with Crippen molar-refractivity contribution >= 4 is 27.5 Å². The van der Waals surface area contributed by atoms with Crippen LogP contribution >= 0.6 is 27.5 Å². The van der Waals surface area contributed by atoms with Crippen LogP contribution < -0.4 is 0 Å². The summed E-state index contributed by atoms with van der Waals surface area (Å²) in [5.41, 5.74) is 1.08. The van der Waals surface area contributed by atoms with E-state index < -0.39 is 0 Å². The maximum Gasteiger partial charge on any atom is 0.129 e. The Hall–Kier alpha value is -0.120. The van der Waals surface area contributed by atoms with Gasteiger partial charge in [-0.25, -0.2) is 4.98 Å². The predicted molar refractivity (Wildman–Crippen MR) is 52.8 cm³/mol. The highest BCUT2D eigenvalue weighted by atomic mass is 79.9. The molecule has 1 heterocycles. The molecular formula is C8H9BrClNO. The van der Waals surface area contributed by atoms with Crippen molar-refractivity contribution in [2.75, 3.05) is 13.7 Å². The van der Waals surface area contributed by atoms with Crippen molar-refractivity contribution in [3.63, 3.8) is 0 Å². The van der Waals surface area contributed by atoms with E-state index >= 15 is 0 Å². The van der Waals surface area contributed by atoms with E-state index in [0.29, 0.717) is 11.8 Å². The molecule has 2 nitrogen and oxygen atoms in total. The van der Waals surface area contributed by atoms with Gasteiger partial charge in [-0.05, 0) is 17.7 Å². The molecule has 0 aliphatic carbocycles. The molecule has 66 valence electrons. The molecule has 0 amide bonds. The average Bonchev–Trinajstić information content (AvgIpc) is 2.05. The molecule has 1 unspecified atom stereocenters. The fraction of sp³-hybridized carbons (Fsp3) is 0.375. The molecule has 4 heteroatoms. The summed E-state index contributed by atoms with van der Waals surface area (Å²) >= 11 is 9.19. The molecule has 0 spiro atoms. The highest BCUT2D eigenvalue weighted by Gasteiger charge is 2.06. The molecule has 1 aromatic heterocycles. The largest absolute Gasteiger partial charge is 0.383 e. The SMILES string of the molecule is COCC(Br)c1ccnc(Cl)c1. The number of ether oxygens (including phenoxy) is 1. The Balaban J connectivity index is 2.73. The van der Waals surface area contributed by atoms with Gasteiger partial charge in [0.25, 0.3) is 0 Å². The smallest absolute Gasteiger partial charge is 0.129 e. The molecule has 0 aliphatic rings. The number of alkyl halides is 1. The van der Waals surface area contributed by atoms with Crippen LogP contribution in [0.15, 0.2) is 18.3 Å². The monoisotopic (exact) mass is 249 g/mol. The summed E-state index contributed by atoms with van der Waals surface area (Å²) < 4.78 is 4.99. The third kappa shape index (κ3) is 2.73. The fourth-order valence-electron chi connectivity index (χ4n) is 0.855. The van der Waals surface area contributed by atoms with Crippen molar-refractivity contribution in [1.82, 2.24) is 4.98 Å². The topological polar surface area (TPSA) is 22.1 Å². The Morgan fingerprint density at radius 1 is 1.75 bits per heavy atom. The first kappa shape index (κ1) is 9.96. The first-order valence-electron chi connectivity index (χ1n) is 3.48. The highest BCUT2D eigenvalue weighted by Crippen LogP contribution is 2.23. The van der Waals surface area contributed by atoms with Gasteiger partial charge in [0.15, 0.2) is 0 Å². The van der Waals surface area contributed by atoms with Gasteiger partial charge in [0.1, 0.15) is 5.15 Å². The van der Waals surface area contributed by atoms with Crippen molar-refractivity contribution in [2.24, 2.45) is 0 Å². The molecule has 0 bridgehead atoms. The molecule has 0 fully saturated rings. The Morgan fingerprint density at radius 3 is 3.08 bits per heavy atom. The van der Waals surface area contributed by atoms with Crippen LogP contribution in [0.25, 0.3) is 0 Å². The summed E-state index contributed by atoms with van der Waals surface area (Å²) in [5, 5.41) is 0.507.